The fraction of sp³-hybridized carbons (Fsp3) is 0.0909. The Morgan fingerprint density at radius 3 is 2.53 bits per heavy atom. The molecule has 1 aromatic heterocycles. The van der Waals surface area contributed by atoms with Gasteiger partial charge in [-0.1, -0.05) is 6.07 Å². The first-order valence-corrected chi connectivity index (χ1v) is 4.82. The molecule has 0 bridgehead atoms. The highest BCUT2D eigenvalue weighted by atomic mass is 16.4. The lowest BCUT2D eigenvalue weighted by Crippen LogP contribution is -2.12. The van der Waals surface area contributed by atoms with Crippen LogP contribution < -0.4 is 5.32 Å². The Balaban J connectivity index is 2.26. The maximum absolute atomic E-state index is 11.7. The minimum atomic E-state index is -0.692. The van der Waals surface area contributed by atoms with E-state index < -0.39 is 5.91 Å². The van der Waals surface area contributed by atoms with Crippen LogP contribution in [0.1, 0.15) is 16.1 Å². The molecule has 3 N–H and O–H groups in total. The molecule has 0 fully saturated rings. The first-order chi connectivity index (χ1) is 8.08. The summed E-state index contributed by atoms with van der Waals surface area (Å²) in [6.07, 6.45) is 1.38. The summed E-state index contributed by atoms with van der Waals surface area (Å²) in [7, 11) is 0. The highest BCUT2D eigenvalue weighted by Crippen LogP contribution is 2.26. The third-order valence-electron chi connectivity index (χ3n) is 2.09. The van der Waals surface area contributed by atoms with Crippen molar-refractivity contribution in [1.82, 2.24) is 4.98 Å². The van der Waals surface area contributed by atoms with E-state index in [1.54, 1.807) is 6.92 Å². The number of amides is 1. The third-order valence-corrected chi connectivity index (χ3v) is 2.09. The van der Waals surface area contributed by atoms with Crippen LogP contribution in [0.4, 0.5) is 6.01 Å². The van der Waals surface area contributed by atoms with Crippen molar-refractivity contribution in [2.45, 2.75) is 6.92 Å². The van der Waals surface area contributed by atoms with E-state index in [0.717, 1.165) is 0 Å². The minimum Gasteiger partial charge on any atom is -0.507 e. The number of anilines is 1. The summed E-state index contributed by atoms with van der Waals surface area (Å²) in [6.45, 7) is 1.70. The van der Waals surface area contributed by atoms with Crippen molar-refractivity contribution in [1.29, 1.82) is 0 Å². The molecule has 0 unspecified atom stereocenters. The smallest absolute Gasteiger partial charge is 0.301 e. The van der Waals surface area contributed by atoms with E-state index in [2.05, 4.69) is 10.3 Å². The zero-order chi connectivity index (χ0) is 12.4. The molecule has 17 heavy (non-hydrogen) atoms. The van der Waals surface area contributed by atoms with Gasteiger partial charge >= 0.3 is 6.01 Å². The van der Waals surface area contributed by atoms with Crippen LogP contribution in [0.15, 0.2) is 28.9 Å². The van der Waals surface area contributed by atoms with Gasteiger partial charge in [0.05, 0.1) is 5.69 Å². The lowest BCUT2D eigenvalue weighted by atomic mass is 10.1. The molecule has 0 atom stereocenters. The predicted molar refractivity (Wildman–Crippen MR) is 59.0 cm³/mol. The number of aromatic nitrogens is 1. The second-order valence-electron chi connectivity index (χ2n) is 3.42. The lowest BCUT2D eigenvalue weighted by Gasteiger charge is -2.05. The minimum absolute atomic E-state index is 0.00940. The topological polar surface area (TPSA) is 95.6 Å². The fourth-order valence-corrected chi connectivity index (χ4v) is 1.33. The molecular weight excluding hydrogens is 224 g/mol. The maximum atomic E-state index is 11.7. The zero-order valence-corrected chi connectivity index (χ0v) is 8.97. The van der Waals surface area contributed by atoms with Gasteiger partial charge < -0.3 is 14.6 Å². The molecule has 1 amide bonds. The molecule has 0 aliphatic heterocycles. The molecule has 6 heteroatoms. The molecule has 1 heterocycles. The van der Waals surface area contributed by atoms with Gasteiger partial charge in [0.2, 0.25) is 0 Å². The number of rotatable bonds is 2. The first kappa shape index (κ1) is 11.0. The number of phenols is 2. The zero-order valence-electron chi connectivity index (χ0n) is 8.97. The van der Waals surface area contributed by atoms with E-state index >= 15 is 0 Å². The van der Waals surface area contributed by atoms with Crippen LogP contribution in [0.2, 0.25) is 0 Å². The molecule has 0 aliphatic rings. The van der Waals surface area contributed by atoms with Crippen molar-refractivity contribution in [3.63, 3.8) is 0 Å². The maximum Gasteiger partial charge on any atom is 0.301 e. The standard InChI is InChI=1S/C11H10N2O4/c1-6-5-17-11(12-6)13-10(16)9-7(14)3-2-4-8(9)15/h2-5,14-15H,1H3,(H,12,13,16). The number of nitrogens with zero attached hydrogens (tertiary/aromatic N) is 1. The van der Waals surface area contributed by atoms with E-state index in [1.807, 2.05) is 0 Å². The molecule has 1 aromatic carbocycles. The van der Waals surface area contributed by atoms with Gasteiger partial charge in [-0.2, -0.15) is 4.98 Å². The van der Waals surface area contributed by atoms with Crippen molar-refractivity contribution in [2.24, 2.45) is 0 Å². The molecular formula is C11H10N2O4. The van der Waals surface area contributed by atoms with Gasteiger partial charge in [0.15, 0.2) is 0 Å². The van der Waals surface area contributed by atoms with Crippen molar-refractivity contribution in [2.75, 3.05) is 5.32 Å². The van der Waals surface area contributed by atoms with E-state index in [0.29, 0.717) is 5.69 Å². The van der Waals surface area contributed by atoms with E-state index in [4.69, 9.17) is 4.42 Å². The van der Waals surface area contributed by atoms with E-state index in [-0.39, 0.29) is 23.1 Å². The Morgan fingerprint density at radius 1 is 1.35 bits per heavy atom. The molecule has 0 saturated heterocycles. The number of carbonyl (C=O) groups excluding carboxylic acids is 1. The van der Waals surface area contributed by atoms with Crippen molar-refractivity contribution in [3.8, 4) is 11.5 Å². The van der Waals surface area contributed by atoms with Gasteiger partial charge in [0.1, 0.15) is 23.3 Å². The van der Waals surface area contributed by atoms with Gasteiger partial charge in [-0.3, -0.25) is 10.1 Å². The Bertz CT molecular complexity index is 542. The average Bonchev–Trinajstić information content (AvgIpc) is 2.63. The Kier molecular flexibility index (Phi) is 2.70. The molecule has 88 valence electrons. The summed E-state index contributed by atoms with van der Waals surface area (Å²) in [5, 5.41) is 21.3. The van der Waals surface area contributed by atoms with Crippen LogP contribution in [0.3, 0.4) is 0 Å². The second-order valence-corrected chi connectivity index (χ2v) is 3.42. The Hall–Kier alpha value is -2.50. The Labute approximate surface area is 96.5 Å². The second kappa shape index (κ2) is 4.17. The van der Waals surface area contributed by atoms with Gasteiger partial charge in [0, 0.05) is 0 Å². The summed E-state index contributed by atoms with van der Waals surface area (Å²) in [6, 6.07) is 4.04. The highest BCUT2D eigenvalue weighted by molar-refractivity contribution is 6.07. The monoisotopic (exact) mass is 234 g/mol. The molecule has 0 aliphatic carbocycles. The summed E-state index contributed by atoms with van der Waals surface area (Å²) < 4.78 is 4.93. The largest absolute Gasteiger partial charge is 0.507 e. The Morgan fingerprint density at radius 2 is 2.00 bits per heavy atom. The number of aromatic hydroxyl groups is 2. The predicted octanol–water partition coefficient (Wildman–Crippen LogP) is 1.65. The summed E-state index contributed by atoms with van der Waals surface area (Å²) in [5.41, 5.74) is 0.394. The summed E-state index contributed by atoms with van der Waals surface area (Å²) in [4.78, 5) is 15.6. The molecule has 6 nitrogen and oxygen atoms in total. The molecule has 2 aromatic rings. The van der Waals surface area contributed by atoms with Crippen LogP contribution >= 0.6 is 0 Å². The number of nitrogens with one attached hydrogen (secondary N) is 1. The normalized spacial score (nSPS) is 10.2. The van der Waals surface area contributed by atoms with Gasteiger partial charge in [-0.05, 0) is 19.1 Å². The summed E-state index contributed by atoms with van der Waals surface area (Å²) in [5.74, 6) is -1.32. The quantitative estimate of drug-likeness (QED) is 0.734. The summed E-state index contributed by atoms with van der Waals surface area (Å²) >= 11 is 0. The average molecular weight is 234 g/mol. The number of carbonyl (C=O) groups is 1. The number of phenolic OH excluding ortho intramolecular Hbond substituents is 2. The molecule has 2 rings (SSSR count). The number of hydrogen-bond donors (Lipinski definition) is 3. The van der Waals surface area contributed by atoms with Gasteiger partial charge in [-0.25, -0.2) is 0 Å². The van der Waals surface area contributed by atoms with Crippen LogP contribution in [0.25, 0.3) is 0 Å². The number of oxazole rings is 1. The first-order valence-electron chi connectivity index (χ1n) is 4.82. The molecule has 0 radical (unpaired) electrons. The van der Waals surface area contributed by atoms with Crippen LogP contribution in [-0.2, 0) is 0 Å². The highest BCUT2D eigenvalue weighted by Gasteiger charge is 2.17. The number of hydrogen-bond acceptors (Lipinski definition) is 5. The van der Waals surface area contributed by atoms with E-state index in [1.165, 1.54) is 24.5 Å². The van der Waals surface area contributed by atoms with Crippen molar-refractivity contribution in [3.05, 3.63) is 35.7 Å². The SMILES string of the molecule is Cc1coc(NC(=O)c2c(O)cccc2O)n1. The molecule has 0 saturated carbocycles. The third kappa shape index (κ3) is 2.20. The van der Waals surface area contributed by atoms with Gasteiger partial charge in [-0.15, -0.1) is 0 Å². The van der Waals surface area contributed by atoms with Gasteiger partial charge in [0.25, 0.3) is 5.91 Å². The van der Waals surface area contributed by atoms with Crippen LogP contribution in [-0.4, -0.2) is 21.1 Å². The number of benzene rings is 1. The molecule has 0 spiro atoms. The van der Waals surface area contributed by atoms with Crippen LogP contribution in [0, 0.1) is 6.92 Å². The van der Waals surface area contributed by atoms with E-state index in [9.17, 15) is 15.0 Å². The van der Waals surface area contributed by atoms with Crippen LogP contribution in [0.5, 0.6) is 11.5 Å². The number of aryl methyl sites for hydroxylation is 1. The fourth-order valence-electron chi connectivity index (χ4n) is 1.33. The lowest BCUT2D eigenvalue weighted by molar-refractivity contribution is 0.101. The van der Waals surface area contributed by atoms with Crippen molar-refractivity contribution < 1.29 is 19.4 Å². The van der Waals surface area contributed by atoms with Crippen molar-refractivity contribution >= 4 is 11.9 Å².